The van der Waals surface area contributed by atoms with E-state index >= 15 is 0 Å². The van der Waals surface area contributed by atoms with Crippen molar-refractivity contribution in [3.63, 3.8) is 0 Å². The van der Waals surface area contributed by atoms with E-state index in [-0.39, 0.29) is 0 Å². The Bertz CT molecular complexity index is 190. The van der Waals surface area contributed by atoms with Gasteiger partial charge >= 0.3 is 18.3 Å². The normalized spacial score (nSPS) is 13.8. The first-order valence-corrected chi connectivity index (χ1v) is 9.34. The Hall–Kier alpha value is 0.154. The van der Waals surface area contributed by atoms with E-state index in [1.807, 2.05) is 0 Å². The van der Waals surface area contributed by atoms with Gasteiger partial charge in [-0.05, 0) is 19.0 Å². The minimum atomic E-state index is -2.98. The van der Waals surface area contributed by atoms with Crippen LogP contribution in [0.5, 0.6) is 0 Å². The van der Waals surface area contributed by atoms with Gasteiger partial charge in [0, 0.05) is 41.5 Å². The van der Waals surface area contributed by atoms with Gasteiger partial charge in [-0.15, -0.1) is 0 Å². The minimum Gasteiger partial charge on any atom is -0.400 e. The highest BCUT2D eigenvalue weighted by molar-refractivity contribution is 6.64. The highest BCUT2D eigenvalue weighted by Gasteiger charge is 2.44. The van der Waals surface area contributed by atoms with Gasteiger partial charge in [-0.3, -0.25) is 0 Å². The van der Waals surface area contributed by atoms with E-state index in [0.717, 1.165) is 25.6 Å². The molecule has 1 atom stereocenters. The van der Waals surface area contributed by atoms with Crippen molar-refractivity contribution in [2.75, 3.05) is 48.1 Å². The second kappa shape index (κ2) is 11.0. The second-order valence-corrected chi connectivity index (χ2v) is 8.65. The Morgan fingerprint density at radius 1 is 1.06 bits per heavy atom. The number of nitrogens with two attached hydrogens (primary N) is 1. The fourth-order valence-corrected chi connectivity index (χ4v) is 5.97. The van der Waals surface area contributed by atoms with Gasteiger partial charge in [0.2, 0.25) is 0 Å². The van der Waals surface area contributed by atoms with E-state index < -0.39 is 18.3 Å². The van der Waals surface area contributed by atoms with Crippen molar-refractivity contribution in [1.82, 2.24) is 5.32 Å². The molecule has 0 radical (unpaired) electrons. The van der Waals surface area contributed by atoms with Gasteiger partial charge in [0.25, 0.3) is 0 Å². The summed E-state index contributed by atoms with van der Waals surface area (Å²) in [5.41, 5.74) is 5.39. The van der Waals surface area contributed by atoms with E-state index in [1.165, 1.54) is 21.3 Å². The van der Waals surface area contributed by atoms with Gasteiger partial charge in [-0.1, -0.05) is 0 Å². The third-order valence-electron chi connectivity index (χ3n) is 2.40. The van der Waals surface area contributed by atoms with Crippen molar-refractivity contribution in [2.45, 2.75) is 12.5 Å². The minimum absolute atomic E-state index is 0.648. The van der Waals surface area contributed by atoms with Crippen molar-refractivity contribution in [2.24, 2.45) is 5.73 Å². The lowest BCUT2D eigenvalue weighted by Gasteiger charge is -2.27. The maximum Gasteiger partial charge on any atom is 0.669 e. The van der Waals surface area contributed by atoms with Crippen LogP contribution in [0.25, 0.3) is 0 Å². The molecule has 0 amide bonds. The van der Waals surface area contributed by atoms with Crippen LogP contribution >= 0.6 is 0 Å². The first kappa shape index (κ1) is 18.2. The monoisotopic (exact) mass is 298 g/mol. The highest BCUT2D eigenvalue weighted by atomic mass is 28.5. The van der Waals surface area contributed by atoms with Gasteiger partial charge in [-0.25, -0.2) is 0 Å². The van der Waals surface area contributed by atoms with E-state index in [1.54, 1.807) is 7.11 Å². The molecular weight excluding hydrogens is 272 g/mol. The topological polar surface area (TPSA) is 84.2 Å². The molecule has 9 heteroatoms. The average molecular weight is 298 g/mol. The molecule has 0 rings (SSSR count). The summed E-state index contributed by atoms with van der Waals surface area (Å²) in [6.45, 7) is 2.37. The number of nitrogens with one attached hydrogen (secondary N) is 1. The molecule has 0 aliphatic carbocycles. The molecule has 0 aromatic rings. The molecule has 0 aromatic heterocycles. The third-order valence-corrected chi connectivity index (χ3v) is 7.51. The standard InChI is InChI=1S/C9H26N2O5Si2/c1-12-17(9-5-7-11-8-6-10)16-18(13-2,14-3)15-4/h11,17H,5-10H2,1-4H3. The Morgan fingerprint density at radius 2 is 1.67 bits per heavy atom. The zero-order chi connectivity index (χ0) is 13.9. The fraction of sp³-hybridized carbons (Fsp3) is 1.00. The summed E-state index contributed by atoms with van der Waals surface area (Å²) in [7, 11) is 1.39. The van der Waals surface area contributed by atoms with Crippen molar-refractivity contribution in [1.29, 1.82) is 0 Å². The first-order valence-electron chi connectivity index (χ1n) is 5.94. The molecule has 0 bridgehead atoms. The lowest BCUT2D eigenvalue weighted by molar-refractivity contribution is 0.0413. The smallest absolute Gasteiger partial charge is 0.400 e. The zero-order valence-electron chi connectivity index (χ0n) is 11.7. The van der Waals surface area contributed by atoms with Crippen LogP contribution in [0.3, 0.4) is 0 Å². The summed E-state index contributed by atoms with van der Waals surface area (Å²) >= 11 is 0. The molecule has 3 N–H and O–H groups in total. The third kappa shape index (κ3) is 6.92. The molecule has 110 valence electrons. The Morgan fingerprint density at radius 3 is 2.11 bits per heavy atom. The fourth-order valence-electron chi connectivity index (χ4n) is 1.40. The van der Waals surface area contributed by atoms with Crippen molar-refractivity contribution in [3.05, 3.63) is 0 Å². The molecule has 18 heavy (non-hydrogen) atoms. The summed E-state index contributed by atoms with van der Waals surface area (Å²) in [6, 6.07) is 0.860. The molecular formula is C9H26N2O5Si2. The van der Waals surface area contributed by atoms with Crippen LogP contribution in [0.1, 0.15) is 6.42 Å². The van der Waals surface area contributed by atoms with E-state index in [9.17, 15) is 0 Å². The van der Waals surface area contributed by atoms with Crippen LogP contribution in [0.15, 0.2) is 0 Å². The van der Waals surface area contributed by atoms with Gasteiger partial charge in [-0.2, -0.15) is 0 Å². The summed E-state index contributed by atoms with van der Waals surface area (Å²) in [4.78, 5) is 0. The molecule has 0 saturated heterocycles. The summed E-state index contributed by atoms with van der Waals surface area (Å²) < 4.78 is 26.8. The van der Waals surface area contributed by atoms with Gasteiger partial charge in [0.15, 0.2) is 0 Å². The molecule has 0 fully saturated rings. The van der Waals surface area contributed by atoms with E-state index in [2.05, 4.69) is 5.32 Å². The Labute approximate surface area is 112 Å². The van der Waals surface area contributed by atoms with Crippen molar-refractivity contribution >= 4 is 18.3 Å². The lowest BCUT2D eigenvalue weighted by atomic mass is 10.5. The van der Waals surface area contributed by atoms with Gasteiger partial charge in [0.1, 0.15) is 0 Å². The van der Waals surface area contributed by atoms with E-state index in [4.69, 9.17) is 27.6 Å². The number of rotatable bonds is 12. The van der Waals surface area contributed by atoms with Crippen molar-refractivity contribution in [3.8, 4) is 0 Å². The van der Waals surface area contributed by atoms with Crippen LogP contribution in [0.4, 0.5) is 0 Å². The maximum absolute atomic E-state index is 5.78. The maximum atomic E-state index is 5.78. The largest absolute Gasteiger partial charge is 0.669 e. The molecule has 0 spiro atoms. The molecule has 0 heterocycles. The van der Waals surface area contributed by atoms with Crippen molar-refractivity contribution < 1.29 is 21.8 Å². The number of hydrogen-bond donors (Lipinski definition) is 2. The van der Waals surface area contributed by atoms with Crippen LogP contribution in [-0.2, 0) is 21.8 Å². The van der Waals surface area contributed by atoms with E-state index in [0.29, 0.717) is 6.54 Å². The molecule has 1 unspecified atom stereocenters. The predicted octanol–water partition coefficient (Wildman–Crippen LogP) is -0.817. The van der Waals surface area contributed by atoms with Crippen LogP contribution < -0.4 is 11.1 Å². The average Bonchev–Trinajstić information content (AvgIpc) is 2.43. The number of hydrogen-bond acceptors (Lipinski definition) is 7. The van der Waals surface area contributed by atoms with Gasteiger partial charge in [0.05, 0.1) is 0 Å². The molecule has 0 aliphatic rings. The van der Waals surface area contributed by atoms with Crippen LogP contribution in [0, 0.1) is 0 Å². The highest BCUT2D eigenvalue weighted by Crippen LogP contribution is 2.12. The first-order chi connectivity index (χ1) is 8.67. The molecule has 0 aromatic carbocycles. The van der Waals surface area contributed by atoms with Crippen LogP contribution in [-0.4, -0.2) is 66.4 Å². The SMILES string of the molecule is CO[SiH](CCCNCCN)O[Si](OC)(OC)OC. The van der Waals surface area contributed by atoms with Gasteiger partial charge < -0.3 is 32.9 Å². The molecule has 0 saturated carbocycles. The summed E-state index contributed by atoms with van der Waals surface area (Å²) in [5.74, 6) is 0. The Balaban J connectivity index is 4.00. The zero-order valence-corrected chi connectivity index (χ0v) is 13.9. The quantitative estimate of drug-likeness (QED) is 0.360. The molecule has 7 nitrogen and oxygen atoms in total. The lowest BCUT2D eigenvalue weighted by Crippen LogP contribution is -2.51. The predicted molar refractivity (Wildman–Crippen MR) is 73.4 cm³/mol. The summed E-state index contributed by atoms with van der Waals surface area (Å²) in [5, 5.41) is 3.22. The summed E-state index contributed by atoms with van der Waals surface area (Å²) in [6.07, 6.45) is 0.965. The molecule has 0 aliphatic heterocycles. The second-order valence-electron chi connectivity index (χ2n) is 3.58. The van der Waals surface area contributed by atoms with Crippen LogP contribution in [0.2, 0.25) is 6.04 Å². The Kier molecular flexibility index (Phi) is 11.1.